The number of carbonyl (C=O) groups excluding carboxylic acids is 1. The number of hydrogen-bond donors (Lipinski definition) is 1. The monoisotopic (exact) mass is 421 g/mol. The van der Waals surface area contributed by atoms with Crippen molar-refractivity contribution in [3.63, 3.8) is 0 Å². The smallest absolute Gasteiger partial charge is 0.243 e. The van der Waals surface area contributed by atoms with E-state index in [2.05, 4.69) is 10.2 Å². The number of piperazine rings is 1. The minimum Gasteiger partial charge on any atom is -0.357 e. The Bertz CT molecular complexity index is 824. The molecule has 0 spiro atoms. The lowest BCUT2D eigenvalue weighted by Gasteiger charge is -2.36. The summed E-state index contributed by atoms with van der Waals surface area (Å²) < 4.78 is 26.8. The van der Waals surface area contributed by atoms with Crippen molar-refractivity contribution in [3.05, 3.63) is 29.8 Å². The highest BCUT2D eigenvalue weighted by atomic mass is 32.2. The molecular weight excluding hydrogens is 390 g/mol. The van der Waals surface area contributed by atoms with Crippen LogP contribution >= 0.6 is 0 Å². The molecule has 0 saturated carbocycles. The summed E-state index contributed by atoms with van der Waals surface area (Å²) in [6.45, 7) is 8.97. The van der Waals surface area contributed by atoms with Gasteiger partial charge in [-0.3, -0.25) is 4.79 Å². The lowest BCUT2D eigenvalue weighted by Crippen LogP contribution is -2.53. The lowest BCUT2D eigenvalue weighted by atomic mass is 10.2. The van der Waals surface area contributed by atoms with E-state index in [1.807, 2.05) is 24.0 Å². The zero-order valence-electron chi connectivity index (χ0n) is 17.3. The standard InChI is InChI=1S/C20H31N5O3S/c1-3-21-20(24-14-12-23(13-15-24)17(2)26)22-16-18-6-8-19(9-7-18)29(27,28)25-10-4-5-11-25/h6-9H,3-5,10-16H2,1-2H3,(H,21,22). The van der Waals surface area contributed by atoms with Gasteiger partial charge in [-0.1, -0.05) is 12.1 Å². The van der Waals surface area contributed by atoms with Gasteiger partial charge in [0.15, 0.2) is 5.96 Å². The lowest BCUT2D eigenvalue weighted by molar-refractivity contribution is -0.130. The van der Waals surface area contributed by atoms with Crippen molar-refractivity contribution in [1.82, 2.24) is 19.4 Å². The second-order valence-corrected chi connectivity index (χ2v) is 9.36. The van der Waals surface area contributed by atoms with Gasteiger partial charge in [0, 0.05) is 52.7 Å². The van der Waals surface area contributed by atoms with Crippen molar-refractivity contribution < 1.29 is 13.2 Å². The molecule has 3 rings (SSSR count). The van der Waals surface area contributed by atoms with E-state index in [-0.39, 0.29) is 5.91 Å². The number of nitrogens with zero attached hydrogens (tertiary/aromatic N) is 4. The number of aliphatic imine (C=N–C) groups is 1. The average molecular weight is 422 g/mol. The van der Waals surface area contributed by atoms with Gasteiger partial charge < -0.3 is 15.1 Å². The first-order valence-electron chi connectivity index (χ1n) is 10.3. The van der Waals surface area contributed by atoms with Crippen LogP contribution in [0.2, 0.25) is 0 Å². The molecule has 8 nitrogen and oxygen atoms in total. The molecular formula is C20H31N5O3S. The van der Waals surface area contributed by atoms with E-state index in [0.717, 1.165) is 44.0 Å². The fourth-order valence-corrected chi connectivity index (χ4v) is 5.19. The Hall–Kier alpha value is -2.13. The number of hydrogen-bond acceptors (Lipinski definition) is 4. The summed E-state index contributed by atoms with van der Waals surface area (Å²) in [5.74, 6) is 0.931. The molecule has 0 bridgehead atoms. The fourth-order valence-electron chi connectivity index (χ4n) is 3.67. The van der Waals surface area contributed by atoms with Crippen molar-refractivity contribution in [2.75, 3.05) is 45.8 Å². The van der Waals surface area contributed by atoms with E-state index in [0.29, 0.717) is 37.6 Å². The van der Waals surface area contributed by atoms with E-state index in [1.165, 1.54) is 0 Å². The number of benzene rings is 1. The number of sulfonamides is 1. The number of rotatable bonds is 5. The fraction of sp³-hybridized carbons (Fsp3) is 0.600. The van der Waals surface area contributed by atoms with Gasteiger partial charge in [-0.05, 0) is 37.5 Å². The van der Waals surface area contributed by atoms with Crippen molar-refractivity contribution in [2.24, 2.45) is 4.99 Å². The second-order valence-electron chi connectivity index (χ2n) is 7.42. The van der Waals surface area contributed by atoms with Crippen LogP contribution in [0.5, 0.6) is 0 Å². The number of amides is 1. The van der Waals surface area contributed by atoms with Gasteiger partial charge in [0.05, 0.1) is 11.4 Å². The molecule has 2 heterocycles. The summed E-state index contributed by atoms with van der Waals surface area (Å²) in [5.41, 5.74) is 0.961. The Morgan fingerprint density at radius 3 is 2.14 bits per heavy atom. The van der Waals surface area contributed by atoms with Crippen LogP contribution in [0.15, 0.2) is 34.2 Å². The summed E-state index contributed by atoms with van der Waals surface area (Å²) in [4.78, 5) is 20.6. The molecule has 0 unspecified atom stereocenters. The van der Waals surface area contributed by atoms with Crippen LogP contribution in [0.1, 0.15) is 32.3 Å². The van der Waals surface area contributed by atoms with Crippen molar-refractivity contribution in [2.45, 2.75) is 38.1 Å². The van der Waals surface area contributed by atoms with Gasteiger partial charge in [-0.15, -0.1) is 0 Å². The van der Waals surface area contributed by atoms with E-state index in [4.69, 9.17) is 4.99 Å². The molecule has 1 N–H and O–H groups in total. The Morgan fingerprint density at radius 1 is 1.00 bits per heavy atom. The highest BCUT2D eigenvalue weighted by Crippen LogP contribution is 2.21. The second kappa shape index (κ2) is 9.58. The topological polar surface area (TPSA) is 85.3 Å². The van der Waals surface area contributed by atoms with E-state index in [1.54, 1.807) is 23.4 Å². The maximum absolute atomic E-state index is 12.6. The quantitative estimate of drug-likeness (QED) is 0.568. The third-order valence-corrected chi connectivity index (χ3v) is 7.31. The maximum Gasteiger partial charge on any atom is 0.243 e. The number of guanidine groups is 1. The van der Waals surface area contributed by atoms with Crippen LogP contribution in [0, 0.1) is 0 Å². The summed E-state index contributed by atoms with van der Waals surface area (Å²) >= 11 is 0. The van der Waals surface area contributed by atoms with E-state index >= 15 is 0 Å². The molecule has 2 aliphatic rings. The normalized spacial score (nSPS) is 18.9. The van der Waals surface area contributed by atoms with E-state index in [9.17, 15) is 13.2 Å². The molecule has 0 radical (unpaired) electrons. The maximum atomic E-state index is 12.6. The largest absolute Gasteiger partial charge is 0.357 e. The van der Waals surface area contributed by atoms with E-state index < -0.39 is 10.0 Å². The first kappa shape index (κ1) is 21.6. The molecule has 2 saturated heterocycles. The first-order chi connectivity index (χ1) is 13.9. The molecule has 160 valence electrons. The van der Waals surface area contributed by atoms with Crippen LogP contribution in [-0.4, -0.2) is 80.2 Å². The summed E-state index contributed by atoms with van der Waals surface area (Å²) in [5, 5.41) is 3.31. The minimum atomic E-state index is -3.38. The highest BCUT2D eigenvalue weighted by molar-refractivity contribution is 7.89. The molecule has 0 aliphatic carbocycles. The zero-order valence-corrected chi connectivity index (χ0v) is 18.1. The molecule has 2 fully saturated rings. The molecule has 1 aromatic carbocycles. The third kappa shape index (κ3) is 5.27. The predicted molar refractivity (Wildman–Crippen MR) is 113 cm³/mol. The van der Waals surface area contributed by atoms with Gasteiger partial charge in [-0.2, -0.15) is 4.31 Å². The van der Waals surface area contributed by atoms with Crippen LogP contribution < -0.4 is 5.32 Å². The molecule has 1 amide bonds. The Morgan fingerprint density at radius 2 is 1.59 bits per heavy atom. The summed E-state index contributed by atoms with van der Waals surface area (Å²) in [6, 6.07) is 7.03. The van der Waals surface area contributed by atoms with Crippen LogP contribution in [0.25, 0.3) is 0 Å². The first-order valence-corrected chi connectivity index (χ1v) is 11.7. The van der Waals surface area contributed by atoms with Gasteiger partial charge in [0.1, 0.15) is 0 Å². The third-order valence-electron chi connectivity index (χ3n) is 5.40. The van der Waals surface area contributed by atoms with Gasteiger partial charge in [0.2, 0.25) is 15.9 Å². The van der Waals surface area contributed by atoms with Gasteiger partial charge >= 0.3 is 0 Å². The molecule has 0 atom stereocenters. The minimum absolute atomic E-state index is 0.107. The summed E-state index contributed by atoms with van der Waals surface area (Å²) in [6.07, 6.45) is 1.86. The zero-order chi connectivity index (χ0) is 20.9. The van der Waals surface area contributed by atoms with Gasteiger partial charge in [-0.25, -0.2) is 13.4 Å². The molecule has 1 aromatic rings. The van der Waals surface area contributed by atoms with Crippen molar-refractivity contribution >= 4 is 21.9 Å². The summed E-state index contributed by atoms with van der Waals surface area (Å²) in [7, 11) is -3.38. The average Bonchev–Trinajstić information content (AvgIpc) is 3.27. The van der Waals surface area contributed by atoms with Crippen molar-refractivity contribution in [1.29, 1.82) is 0 Å². The number of carbonyl (C=O) groups is 1. The van der Waals surface area contributed by atoms with Crippen molar-refractivity contribution in [3.8, 4) is 0 Å². The molecule has 29 heavy (non-hydrogen) atoms. The Kier molecular flexibility index (Phi) is 7.13. The molecule has 9 heteroatoms. The Labute approximate surface area is 173 Å². The highest BCUT2D eigenvalue weighted by Gasteiger charge is 2.27. The van der Waals surface area contributed by atoms with Crippen LogP contribution in [0.4, 0.5) is 0 Å². The Balaban J connectivity index is 1.64. The van der Waals surface area contributed by atoms with Gasteiger partial charge in [0.25, 0.3) is 0 Å². The molecule has 0 aromatic heterocycles. The molecule has 2 aliphatic heterocycles. The predicted octanol–water partition coefficient (Wildman–Crippen LogP) is 1.10. The van der Waals surface area contributed by atoms with Crippen LogP contribution in [0.3, 0.4) is 0 Å². The SMILES string of the molecule is CCNC(=NCc1ccc(S(=O)(=O)N2CCCC2)cc1)N1CCN(C(C)=O)CC1. The number of nitrogens with one attached hydrogen (secondary N) is 1. The van der Waals surface area contributed by atoms with Crippen LogP contribution in [-0.2, 0) is 21.4 Å².